The molecule has 2 fully saturated rings. The molecule has 3 aromatic rings. The summed E-state index contributed by atoms with van der Waals surface area (Å²) in [5.74, 6) is -9.13. The Bertz CT molecular complexity index is 2300. The predicted octanol–water partition coefficient (Wildman–Crippen LogP) is 1.15. The van der Waals surface area contributed by atoms with Crippen LogP contribution in [-0.4, -0.2) is 135 Å². The predicted molar refractivity (Wildman–Crippen MR) is 250 cm³/mol. The van der Waals surface area contributed by atoms with Crippen LogP contribution in [0.3, 0.4) is 0 Å². The third kappa shape index (κ3) is 14.4. The highest BCUT2D eigenvalue weighted by Gasteiger charge is 2.46. The number of amides is 7. The summed E-state index contributed by atoms with van der Waals surface area (Å²) < 4.78 is 5.86. The van der Waals surface area contributed by atoms with Crippen LogP contribution in [0.25, 0.3) is 0 Å². The highest BCUT2D eigenvalue weighted by Crippen LogP contribution is 2.25. The second-order valence-electron chi connectivity index (χ2n) is 17.8. The van der Waals surface area contributed by atoms with Crippen LogP contribution in [0.1, 0.15) is 76.5 Å². The molecule has 0 aliphatic carbocycles. The summed E-state index contributed by atoms with van der Waals surface area (Å²) in [7, 11) is 1.39. The number of rotatable bonds is 14. The fraction of sp³-hybridized carbons (Fsp3) is 0.460. The molecule has 3 aromatic carbocycles. The first-order valence-electron chi connectivity index (χ1n) is 23.2. The van der Waals surface area contributed by atoms with Gasteiger partial charge in [-0.2, -0.15) is 0 Å². The van der Waals surface area contributed by atoms with E-state index in [-0.39, 0.29) is 38.5 Å². The molecule has 370 valence electrons. The number of aliphatic hydroxyl groups is 1. The highest BCUT2D eigenvalue weighted by molar-refractivity contribution is 5.99. The standard InChI is InChI=1S/C50H63N7O12/c1-6-16-39(58)51-36(28-41(60)61)45(63)55-43-30(4)69-50(68)42(29(2)3)54-46(64)37(26-32-19-12-8-13-20-32)56(5)49(67)38(27-33-21-14-9-15-22-33)57-40(59)24-23-34(48(57)66)52-44(62)35(53-47(43)65)25-31-17-10-7-11-18-31/h7-15,17-22,29-30,34-38,40,42-43,59H,6,16,23-28H2,1-5H3,(H,51,58)(H,52,62)(H,53,65)(H,54,64)(H,55,63)(H,60,61). The largest absolute Gasteiger partial charge is 0.481 e. The maximum atomic E-state index is 15.1. The van der Waals surface area contributed by atoms with E-state index in [0.29, 0.717) is 23.1 Å². The quantitative estimate of drug-likeness (QED) is 0.112. The molecule has 69 heavy (non-hydrogen) atoms. The molecule has 0 saturated carbocycles. The number of nitrogens with zero attached hydrogens (tertiary/aromatic N) is 2. The number of ether oxygens (including phenoxy) is 1. The molecule has 0 spiro atoms. The number of aliphatic carboxylic acids is 1. The summed E-state index contributed by atoms with van der Waals surface area (Å²) in [5.41, 5.74) is 1.84. The summed E-state index contributed by atoms with van der Waals surface area (Å²) in [6, 6.07) is 15.7. The zero-order valence-corrected chi connectivity index (χ0v) is 39.5. The number of esters is 1. The molecule has 7 N–H and O–H groups in total. The van der Waals surface area contributed by atoms with E-state index in [2.05, 4.69) is 26.6 Å². The first-order chi connectivity index (χ1) is 32.9. The van der Waals surface area contributed by atoms with Gasteiger partial charge in [-0.1, -0.05) is 112 Å². The topological polar surface area (TPSA) is 270 Å². The summed E-state index contributed by atoms with van der Waals surface area (Å²) in [4.78, 5) is 128. The molecule has 2 aliphatic rings. The highest BCUT2D eigenvalue weighted by atomic mass is 16.5. The molecule has 7 amide bonds. The fourth-order valence-corrected chi connectivity index (χ4v) is 8.37. The summed E-state index contributed by atoms with van der Waals surface area (Å²) in [6.07, 6.45) is -4.04. The van der Waals surface area contributed by atoms with Gasteiger partial charge in [-0.3, -0.25) is 38.4 Å². The molecule has 9 unspecified atom stereocenters. The number of nitrogens with one attached hydrogen (secondary N) is 5. The van der Waals surface area contributed by atoms with Crippen LogP contribution in [0, 0.1) is 5.92 Å². The van der Waals surface area contributed by atoms with Crippen LogP contribution < -0.4 is 26.6 Å². The minimum Gasteiger partial charge on any atom is -0.481 e. The number of likely N-dealkylation sites (N-methyl/N-ethyl adjacent to an activating group) is 1. The first-order valence-corrected chi connectivity index (χ1v) is 23.2. The molecule has 0 radical (unpaired) electrons. The van der Waals surface area contributed by atoms with Gasteiger partial charge in [0, 0.05) is 32.7 Å². The Morgan fingerprint density at radius 3 is 1.83 bits per heavy atom. The number of hydrogen-bond acceptors (Lipinski definition) is 11. The Kier molecular flexibility index (Phi) is 18.9. The van der Waals surface area contributed by atoms with E-state index in [1.165, 1.54) is 18.9 Å². The zero-order valence-electron chi connectivity index (χ0n) is 39.5. The van der Waals surface area contributed by atoms with E-state index in [0.717, 1.165) is 4.90 Å². The Labute approximate surface area is 401 Å². The Balaban J connectivity index is 1.64. The smallest absolute Gasteiger partial charge is 0.329 e. The van der Waals surface area contributed by atoms with E-state index in [9.17, 15) is 48.6 Å². The van der Waals surface area contributed by atoms with Crippen molar-refractivity contribution in [3.8, 4) is 0 Å². The van der Waals surface area contributed by atoms with E-state index in [4.69, 9.17) is 4.74 Å². The monoisotopic (exact) mass is 953 g/mol. The molecule has 0 aromatic heterocycles. The molecule has 9 atom stereocenters. The fourth-order valence-electron chi connectivity index (χ4n) is 8.37. The lowest BCUT2D eigenvalue weighted by Gasteiger charge is -2.43. The number of fused-ring (bicyclic) bond motifs is 2. The minimum absolute atomic E-state index is 0.0377. The van der Waals surface area contributed by atoms with Crippen LogP contribution in [0.2, 0.25) is 0 Å². The number of piperidine rings is 1. The average Bonchev–Trinajstić information content (AvgIpc) is 3.31. The number of aliphatic hydroxyl groups excluding tert-OH is 1. The van der Waals surface area contributed by atoms with Gasteiger partial charge in [0.1, 0.15) is 54.6 Å². The van der Waals surface area contributed by atoms with Crippen molar-refractivity contribution in [1.29, 1.82) is 0 Å². The van der Waals surface area contributed by atoms with Gasteiger partial charge in [0.05, 0.1) is 6.42 Å². The Morgan fingerprint density at radius 2 is 1.29 bits per heavy atom. The van der Waals surface area contributed by atoms with Gasteiger partial charge in [-0.05, 0) is 48.8 Å². The maximum Gasteiger partial charge on any atom is 0.329 e. The average molecular weight is 954 g/mol. The number of carboxylic acid groups (broad SMARTS) is 1. The van der Waals surface area contributed by atoms with E-state index in [1.807, 2.05) is 0 Å². The summed E-state index contributed by atoms with van der Waals surface area (Å²) in [5, 5.41) is 34.1. The second kappa shape index (κ2) is 24.7. The van der Waals surface area contributed by atoms with Crippen molar-refractivity contribution in [3.05, 3.63) is 108 Å². The minimum atomic E-state index is -1.84. The lowest BCUT2D eigenvalue weighted by molar-refractivity contribution is -0.165. The molecule has 5 rings (SSSR count). The van der Waals surface area contributed by atoms with Gasteiger partial charge in [0.25, 0.3) is 0 Å². The van der Waals surface area contributed by atoms with Crippen LogP contribution in [0.4, 0.5) is 0 Å². The van der Waals surface area contributed by atoms with Gasteiger partial charge in [-0.15, -0.1) is 0 Å². The van der Waals surface area contributed by atoms with Gasteiger partial charge in [0.2, 0.25) is 41.4 Å². The SMILES string of the molecule is CCCC(=O)NC(CC(=O)O)C(=O)NC1C(=O)NC(Cc2ccccc2)C(=O)NC2CCC(O)N(C2=O)C(Cc2ccccc2)C(=O)N(C)C(Cc2ccccc2)C(=O)NC(C(C)C)C(=O)OC1C. The van der Waals surface area contributed by atoms with Gasteiger partial charge < -0.3 is 51.3 Å². The zero-order chi connectivity index (χ0) is 50.4. The van der Waals surface area contributed by atoms with Crippen LogP contribution in [0.15, 0.2) is 91.0 Å². The van der Waals surface area contributed by atoms with E-state index >= 15 is 4.79 Å². The summed E-state index contributed by atoms with van der Waals surface area (Å²) in [6.45, 7) is 6.23. The number of hydrogen-bond donors (Lipinski definition) is 7. The van der Waals surface area contributed by atoms with Crippen molar-refractivity contribution in [2.75, 3.05) is 7.05 Å². The lowest BCUT2D eigenvalue weighted by Crippen LogP contribution is -2.65. The van der Waals surface area contributed by atoms with Crippen molar-refractivity contribution in [1.82, 2.24) is 36.4 Å². The van der Waals surface area contributed by atoms with Gasteiger partial charge in [-0.25, -0.2) is 4.79 Å². The van der Waals surface area contributed by atoms with E-state index < -0.39 is 120 Å². The molecule has 2 saturated heterocycles. The molecule has 19 nitrogen and oxygen atoms in total. The summed E-state index contributed by atoms with van der Waals surface area (Å²) >= 11 is 0. The van der Waals surface area contributed by atoms with Crippen LogP contribution >= 0.6 is 0 Å². The molecule has 19 heteroatoms. The normalized spacial score (nSPS) is 24.6. The number of carboxylic acids is 1. The lowest BCUT2D eigenvalue weighted by atomic mass is 9.95. The number of cyclic esters (lactones) is 1. The molecule has 2 heterocycles. The van der Waals surface area contributed by atoms with Crippen molar-refractivity contribution in [2.45, 2.75) is 134 Å². The third-order valence-corrected chi connectivity index (χ3v) is 12.2. The number of carbonyl (C=O) groups excluding carboxylic acids is 8. The number of benzene rings is 3. The molecule has 2 aliphatic heterocycles. The van der Waals surface area contributed by atoms with Crippen molar-refractivity contribution < 1.29 is 58.1 Å². The Hall–Kier alpha value is -7.15. The number of carbonyl (C=O) groups is 9. The Morgan fingerprint density at radius 1 is 0.739 bits per heavy atom. The molecular formula is C50H63N7O12. The van der Waals surface area contributed by atoms with Crippen molar-refractivity contribution in [2.24, 2.45) is 5.92 Å². The molecule has 2 bridgehead atoms. The first kappa shape index (κ1) is 52.8. The van der Waals surface area contributed by atoms with E-state index in [1.54, 1.807) is 112 Å². The van der Waals surface area contributed by atoms with Gasteiger partial charge in [0.15, 0.2) is 0 Å². The second-order valence-corrected chi connectivity index (χ2v) is 17.8. The maximum absolute atomic E-state index is 15.1. The van der Waals surface area contributed by atoms with Crippen molar-refractivity contribution >= 4 is 53.3 Å². The van der Waals surface area contributed by atoms with Crippen LogP contribution in [-0.2, 0) is 67.2 Å². The van der Waals surface area contributed by atoms with Gasteiger partial charge >= 0.3 is 11.9 Å². The van der Waals surface area contributed by atoms with Crippen molar-refractivity contribution in [3.63, 3.8) is 0 Å². The third-order valence-electron chi connectivity index (χ3n) is 12.2. The van der Waals surface area contributed by atoms with Crippen LogP contribution in [0.5, 0.6) is 0 Å². The molecular weight excluding hydrogens is 891 g/mol.